The number of halogens is 1. The van der Waals surface area contributed by atoms with Crippen LogP contribution in [0.15, 0.2) is 27.3 Å². The van der Waals surface area contributed by atoms with E-state index in [0.717, 1.165) is 0 Å². The lowest BCUT2D eigenvalue weighted by molar-refractivity contribution is -0.141. The fourth-order valence-corrected chi connectivity index (χ4v) is 1.16. The molecule has 0 N–H and O–H groups in total. The van der Waals surface area contributed by atoms with Crippen LogP contribution < -0.4 is 0 Å². The number of hydrogen-bond acceptors (Lipinski definition) is 3. The number of ether oxygens (including phenoxy) is 1. The lowest BCUT2D eigenvalue weighted by Crippen LogP contribution is -2.08. The minimum absolute atomic E-state index is 0.101. The van der Waals surface area contributed by atoms with Gasteiger partial charge in [-0.25, -0.2) is 4.79 Å². The Kier molecular flexibility index (Phi) is 3.95. The van der Waals surface area contributed by atoms with Crippen LogP contribution in [0.4, 0.5) is 0 Å². The predicted molar refractivity (Wildman–Crippen MR) is 56.7 cm³/mol. The second kappa shape index (κ2) is 5.00. The summed E-state index contributed by atoms with van der Waals surface area (Å²) in [5.74, 6) is 0.241. The first kappa shape index (κ1) is 11.0. The Morgan fingerprint density at radius 3 is 2.79 bits per heavy atom. The third-order valence-electron chi connectivity index (χ3n) is 1.33. The minimum Gasteiger partial charge on any atom is -0.460 e. The minimum atomic E-state index is -0.368. The topological polar surface area (TPSA) is 39.4 Å². The van der Waals surface area contributed by atoms with Gasteiger partial charge in [0.1, 0.15) is 5.76 Å². The summed E-state index contributed by atoms with van der Waals surface area (Å²) in [7, 11) is 0. The van der Waals surface area contributed by atoms with Crippen LogP contribution in [0.1, 0.15) is 19.6 Å². The summed E-state index contributed by atoms with van der Waals surface area (Å²) in [6, 6.07) is 3.51. The first-order valence-corrected chi connectivity index (χ1v) is 5.01. The molecule has 0 aliphatic rings. The van der Waals surface area contributed by atoms with E-state index in [4.69, 9.17) is 9.15 Å². The lowest BCUT2D eigenvalue weighted by Gasteiger charge is -2.03. The van der Waals surface area contributed by atoms with Crippen LogP contribution >= 0.6 is 15.9 Å². The van der Waals surface area contributed by atoms with Gasteiger partial charge in [0.15, 0.2) is 4.67 Å². The van der Waals surface area contributed by atoms with Crippen molar-refractivity contribution in [3.8, 4) is 0 Å². The van der Waals surface area contributed by atoms with Crippen LogP contribution in [0, 0.1) is 0 Å². The zero-order chi connectivity index (χ0) is 10.6. The van der Waals surface area contributed by atoms with Crippen molar-refractivity contribution in [2.75, 3.05) is 0 Å². The molecular formula is C10H11BrO3. The van der Waals surface area contributed by atoms with Gasteiger partial charge in [-0.05, 0) is 48.0 Å². The van der Waals surface area contributed by atoms with E-state index in [1.165, 1.54) is 6.08 Å². The summed E-state index contributed by atoms with van der Waals surface area (Å²) in [5.41, 5.74) is 0. The molecule has 0 aliphatic heterocycles. The molecule has 1 aromatic heterocycles. The maximum absolute atomic E-state index is 11.1. The summed E-state index contributed by atoms with van der Waals surface area (Å²) in [6.07, 6.45) is 2.80. The van der Waals surface area contributed by atoms with Crippen LogP contribution in [0.25, 0.3) is 6.08 Å². The van der Waals surface area contributed by atoms with Crippen LogP contribution in [0.3, 0.4) is 0 Å². The molecule has 4 heteroatoms. The smallest absolute Gasteiger partial charge is 0.331 e. The fraction of sp³-hybridized carbons (Fsp3) is 0.300. The highest BCUT2D eigenvalue weighted by Crippen LogP contribution is 2.14. The van der Waals surface area contributed by atoms with Crippen LogP contribution in [-0.2, 0) is 9.53 Å². The molecule has 1 heterocycles. The quantitative estimate of drug-likeness (QED) is 0.618. The van der Waals surface area contributed by atoms with Gasteiger partial charge in [-0.3, -0.25) is 0 Å². The highest BCUT2D eigenvalue weighted by molar-refractivity contribution is 9.10. The van der Waals surface area contributed by atoms with E-state index in [1.54, 1.807) is 32.1 Å². The van der Waals surface area contributed by atoms with Gasteiger partial charge in [0.05, 0.1) is 6.10 Å². The van der Waals surface area contributed by atoms with Crippen LogP contribution in [0.2, 0.25) is 0 Å². The van der Waals surface area contributed by atoms with Gasteiger partial charge in [0.25, 0.3) is 0 Å². The lowest BCUT2D eigenvalue weighted by atomic mass is 10.4. The molecule has 0 saturated carbocycles. The molecule has 1 aromatic rings. The molecule has 0 spiro atoms. The van der Waals surface area contributed by atoms with Gasteiger partial charge in [0, 0.05) is 6.08 Å². The Morgan fingerprint density at radius 1 is 1.57 bits per heavy atom. The second-order valence-corrected chi connectivity index (χ2v) is 3.74. The summed E-state index contributed by atoms with van der Waals surface area (Å²) < 4.78 is 10.7. The van der Waals surface area contributed by atoms with Gasteiger partial charge in [-0.2, -0.15) is 0 Å². The standard InChI is InChI=1S/C10H11BrO3/c1-7(2)13-10(12)6-4-8-3-5-9(11)14-8/h3-7H,1-2H3. The molecule has 76 valence electrons. The summed E-state index contributed by atoms with van der Waals surface area (Å²) >= 11 is 3.16. The Balaban J connectivity index is 2.51. The molecule has 14 heavy (non-hydrogen) atoms. The molecule has 0 amide bonds. The number of rotatable bonds is 3. The Hall–Kier alpha value is -1.03. The second-order valence-electron chi connectivity index (χ2n) is 2.96. The van der Waals surface area contributed by atoms with Crippen molar-refractivity contribution in [3.05, 3.63) is 28.6 Å². The average molecular weight is 259 g/mol. The first-order valence-electron chi connectivity index (χ1n) is 4.22. The molecule has 0 atom stereocenters. The van der Waals surface area contributed by atoms with Crippen LogP contribution in [0.5, 0.6) is 0 Å². The normalized spacial score (nSPS) is 11.1. The molecule has 0 unspecified atom stereocenters. The van der Waals surface area contributed by atoms with E-state index >= 15 is 0 Å². The van der Waals surface area contributed by atoms with Crippen molar-refractivity contribution in [3.63, 3.8) is 0 Å². The third kappa shape index (κ3) is 3.79. The maximum atomic E-state index is 11.1. The zero-order valence-corrected chi connectivity index (χ0v) is 9.58. The predicted octanol–water partition coefficient (Wildman–Crippen LogP) is 3.01. The zero-order valence-electron chi connectivity index (χ0n) is 7.99. The van der Waals surface area contributed by atoms with E-state index in [2.05, 4.69) is 15.9 Å². The van der Waals surface area contributed by atoms with Gasteiger partial charge in [0.2, 0.25) is 0 Å². The largest absolute Gasteiger partial charge is 0.460 e. The van der Waals surface area contributed by atoms with Crippen molar-refractivity contribution in [1.29, 1.82) is 0 Å². The third-order valence-corrected chi connectivity index (χ3v) is 1.76. The highest BCUT2D eigenvalue weighted by Gasteiger charge is 2.00. The van der Waals surface area contributed by atoms with Gasteiger partial charge < -0.3 is 9.15 Å². The molecule has 0 radical (unpaired) electrons. The van der Waals surface area contributed by atoms with Gasteiger partial charge in [-0.15, -0.1) is 0 Å². The fourth-order valence-electron chi connectivity index (χ4n) is 0.840. The van der Waals surface area contributed by atoms with E-state index in [-0.39, 0.29) is 12.1 Å². The Labute approximate surface area is 90.9 Å². The number of carbonyl (C=O) groups excluding carboxylic acids is 1. The van der Waals surface area contributed by atoms with Crippen molar-refractivity contribution in [2.24, 2.45) is 0 Å². The summed E-state index contributed by atoms with van der Waals surface area (Å²) in [4.78, 5) is 11.1. The molecule has 1 rings (SSSR count). The molecule has 0 fully saturated rings. The Morgan fingerprint density at radius 2 is 2.29 bits per heavy atom. The maximum Gasteiger partial charge on any atom is 0.331 e. The van der Waals surface area contributed by atoms with Crippen molar-refractivity contribution in [2.45, 2.75) is 20.0 Å². The molecule has 0 aromatic carbocycles. The Bertz CT molecular complexity index is 339. The molecule has 0 aliphatic carbocycles. The number of furan rings is 1. The molecular weight excluding hydrogens is 248 g/mol. The van der Waals surface area contributed by atoms with E-state index in [0.29, 0.717) is 10.4 Å². The summed E-state index contributed by atoms with van der Waals surface area (Å²) in [5, 5.41) is 0. The van der Waals surface area contributed by atoms with E-state index < -0.39 is 0 Å². The monoisotopic (exact) mass is 258 g/mol. The molecule has 0 saturated heterocycles. The van der Waals surface area contributed by atoms with Crippen molar-refractivity contribution >= 4 is 28.0 Å². The molecule has 3 nitrogen and oxygen atoms in total. The number of carbonyl (C=O) groups is 1. The van der Waals surface area contributed by atoms with Crippen molar-refractivity contribution in [1.82, 2.24) is 0 Å². The van der Waals surface area contributed by atoms with Crippen LogP contribution in [-0.4, -0.2) is 12.1 Å². The van der Waals surface area contributed by atoms with Gasteiger partial charge >= 0.3 is 5.97 Å². The average Bonchev–Trinajstić information content (AvgIpc) is 2.47. The van der Waals surface area contributed by atoms with Crippen molar-refractivity contribution < 1.29 is 13.9 Å². The first-order chi connectivity index (χ1) is 6.58. The number of esters is 1. The van der Waals surface area contributed by atoms with E-state index in [9.17, 15) is 4.79 Å². The number of hydrogen-bond donors (Lipinski definition) is 0. The molecule has 0 bridgehead atoms. The highest BCUT2D eigenvalue weighted by atomic mass is 79.9. The van der Waals surface area contributed by atoms with E-state index in [1.807, 2.05) is 0 Å². The summed E-state index contributed by atoms with van der Waals surface area (Å²) in [6.45, 7) is 3.60. The SMILES string of the molecule is CC(C)OC(=O)C=Cc1ccc(Br)o1. The van der Waals surface area contributed by atoms with Gasteiger partial charge in [-0.1, -0.05) is 0 Å².